The molecule has 0 amide bonds. The predicted molar refractivity (Wildman–Crippen MR) is 69.6 cm³/mol. The molecule has 1 aliphatic carbocycles. The molecule has 0 spiro atoms. The van der Waals surface area contributed by atoms with Gasteiger partial charge >= 0.3 is 0 Å². The van der Waals surface area contributed by atoms with Crippen LogP contribution in [0, 0.1) is 10.1 Å². The van der Waals surface area contributed by atoms with Crippen LogP contribution in [0.4, 0.5) is 11.4 Å². The van der Waals surface area contributed by atoms with Crippen LogP contribution in [-0.2, 0) is 0 Å². The third kappa shape index (κ3) is 2.98. The molecule has 5 heteroatoms. The summed E-state index contributed by atoms with van der Waals surface area (Å²) < 4.78 is 0. The largest absolute Gasteiger partial charge is 0.388 e. The first-order valence-electron chi connectivity index (χ1n) is 6.30. The van der Waals surface area contributed by atoms with Gasteiger partial charge < -0.3 is 10.4 Å². The van der Waals surface area contributed by atoms with Crippen LogP contribution < -0.4 is 5.32 Å². The lowest BCUT2D eigenvalue weighted by molar-refractivity contribution is -0.384. The summed E-state index contributed by atoms with van der Waals surface area (Å²) in [5, 5.41) is 24.2. The van der Waals surface area contributed by atoms with Crippen LogP contribution in [0.5, 0.6) is 0 Å². The topological polar surface area (TPSA) is 75.4 Å². The van der Waals surface area contributed by atoms with Crippen LogP contribution in [0.1, 0.15) is 32.1 Å². The van der Waals surface area contributed by atoms with Crippen LogP contribution in [0.2, 0.25) is 0 Å². The van der Waals surface area contributed by atoms with Gasteiger partial charge in [0.1, 0.15) is 5.69 Å². The molecule has 0 aliphatic heterocycles. The number of anilines is 1. The van der Waals surface area contributed by atoms with Crippen LogP contribution in [0.25, 0.3) is 0 Å². The minimum absolute atomic E-state index is 0.0527. The second-order valence-electron chi connectivity index (χ2n) is 4.91. The van der Waals surface area contributed by atoms with Crippen LogP contribution in [0.3, 0.4) is 0 Å². The molecular weight excluding hydrogens is 232 g/mol. The molecule has 1 fully saturated rings. The van der Waals surface area contributed by atoms with Gasteiger partial charge in [-0.1, -0.05) is 31.4 Å². The van der Waals surface area contributed by atoms with Gasteiger partial charge in [-0.25, -0.2) is 0 Å². The van der Waals surface area contributed by atoms with Gasteiger partial charge in [0.2, 0.25) is 0 Å². The lowest BCUT2D eigenvalue weighted by Crippen LogP contribution is -2.38. The number of nitro benzene ring substituents is 1. The maximum atomic E-state index is 10.9. The van der Waals surface area contributed by atoms with E-state index in [4.69, 9.17) is 0 Å². The Morgan fingerprint density at radius 1 is 1.28 bits per heavy atom. The molecule has 0 bridgehead atoms. The number of benzene rings is 1. The highest BCUT2D eigenvalue weighted by molar-refractivity contribution is 5.61. The van der Waals surface area contributed by atoms with Crippen molar-refractivity contribution in [3.63, 3.8) is 0 Å². The van der Waals surface area contributed by atoms with E-state index in [2.05, 4.69) is 5.32 Å². The van der Waals surface area contributed by atoms with Gasteiger partial charge in [-0.15, -0.1) is 0 Å². The lowest BCUT2D eigenvalue weighted by atomic mass is 9.85. The predicted octanol–water partition coefficient (Wildman–Crippen LogP) is 2.70. The Hall–Kier alpha value is -1.62. The molecule has 2 N–H and O–H groups in total. The Morgan fingerprint density at radius 2 is 1.94 bits per heavy atom. The van der Waals surface area contributed by atoms with E-state index in [1.54, 1.807) is 18.2 Å². The van der Waals surface area contributed by atoms with Crippen LogP contribution in [0.15, 0.2) is 24.3 Å². The van der Waals surface area contributed by atoms with Crippen LogP contribution >= 0.6 is 0 Å². The number of para-hydroxylation sites is 2. The molecule has 0 radical (unpaired) electrons. The van der Waals surface area contributed by atoms with Gasteiger partial charge in [-0.2, -0.15) is 0 Å². The fraction of sp³-hybridized carbons (Fsp3) is 0.538. The van der Waals surface area contributed by atoms with E-state index in [0.717, 1.165) is 32.1 Å². The standard InChI is InChI=1S/C13H18N2O3/c16-13(8-4-1-5-9-13)10-14-11-6-2-3-7-12(11)15(17)18/h2-3,6-7,14,16H,1,4-5,8-10H2. The fourth-order valence-electron chi connectivity index (χ4n) is 2.43. The van der Waals surface area contributed by atoms with Gasteiger partial charge in [-0.3, -0.25) is 10.1 Å². The van der Waals surface area contributed by atoms with Crippen molar-refractivity contribution in [1.82, 2.24) is 0 Å². The molecule has 98 valence electrons. The summed E-state index contributed by atoms with van der Waals surface area (Å²) in [7, 11) is 0. The molecule has 5 nitrogen and oxygen atoms in total. The van der Waals surface area contributed by atoms with Gasteiger partial charge in [-0.05, 0) is 18.9 Å². The third-order valence-electron chi connectivity index (χ3n) is 3.49. The quantitative estimate of drug-likeness (QED) is 0.636. The third-order valence-corrected chi connectivity index (χ3v) is 3.49. The van der Waals surface area contributed by atoms with E-state index < -0.39 is 10.5 Å². The molecule has 2 rings (SSSR count). The minimum Gasteiger partial charge on any atom is -0.388 e. The summed E-state index contributed by atoms with van der Waals surface area (Å²) in [5.74, 6) is 0. The smallest absolute Gasteiger partial charge is 0.292 e. The van der Waals surface area contributed by atoms with Crippen molar-refractivity contribution in [1.29, 1.82) is 0 Å². The maximum absolute atomic E-state index is 10.9. The summed E-state index contributed by atoms with van der Waals surface area (Å²) in [5.41, 5.74) is -0.194. The summed E-state index contributed by atoms with van der Waals surface area (Å²) in [4.78, 5) is 10.4. The molecule has 18 heavy (non-hydrogen) atoms. The second-order valence-corrected chi connectivity index (χ2v) is 4.91. The van der Waals surface area contributed by atoms with Gasteiger partial charge in [0.25, 0.3) is 5.69 Å². The molecule has 1 saturated carbocycles. The molecule has 0 atom stereocenters. The van der Waals surface area contributed by atoms with E-state index in [-0.39, 0.29) is 5.69 Å². The van der Waals surface area contributed by atoms with Crippen LogP contribution in [-0.4, -0.2) is 22.2 Å². The minimum atomic E-state index is -0.720. The van der Waals surface area contributed by atoms with Crippen molar-refractivity contribution in [2.24, 2.45) is 0 Å². The number of nitrogens with one attached hydrogen (secondary N) is 1. The average molecular weight is 250 g/mol. The SMILES string of the molecule is O=[N+]([O-])c1ccccc1NCC1(O)CCCCC1. The molecule has 0 saturated heterocycles. The summed E-state index contributed by atoms with van der Waals surface area (Å²) in [6.45, 7) is 0.373. The maximum Gasteiger partial charge on any atom is 0.292 e. The monoisotopic (exact) mass is 250 g/mol. The molecular formula is C13H18N2O3. The second kappa shape index (κ2) is 5.35. The first-order valence-corrected chi connectivity index (χ1v) is 6.30. The Bertz CT molecular complexity index is 428. The van der Waals surface area contributed by atoms with Crippen molar-refractivity contribution in [3.8, 4) is 0 Å². The van der Waals surface area contributed by atoms with E-state index in [0.29, 0.717) is 12.2 Å². The van der Waals surface area contributed by atoms with Gasteiger partial charge in [0, 0.05) is 12.6 Å². The van der Waals surface area contributed by atoms with E-state index >= 15 is 0 Å². The molecule has 1 aliphatic rings. The zero-order valence-electron chi connectivity index (χ0n) is 10.3. The molecule has 0 aromatic heterocycles. The number of hydrogen-bond acceptors (Lipinski definition) is 4. The van der Waals surface area contributed by atoms with Crippen molar-refractivity contribution < 1.29 is 10.0 Å². The summed E-state index contributed by atoms with van der Waals surface area (Å²) >= 11 is 0. The molecule has 1 aromatic carbocycles. The number of aliphatic hydroxyl groups is 1. The van der Waals surface area contributed by atoms with Crippen molar-refractivity contribution >= 4 is 11.4 Å². The summed E-state index contributed by atoms with van der Waals surface area (Å²) in [6.07, 6.45) is 4.74. The number of nitrogens with zero attached hydrogens (tertiary/aromatic N) is 1. The first kappa shape index (κ1) is 12.8. The average Bonchev–Trinajstić information content (AvgIpc) is 2.38. The molecule has 0 heterocycles. The molecule has 1 aromatic rings. The van der Waals surface area contributed by atoms with E-state index in [9.17, 15) is 15.2 Å². The Balaban J connectivity index is 2.03. The van der Waals surface area contributed by atoms with E-state index in [1.165, 1.54) is 6.07 Å². The zero-order valence-corrected chi connectivity index (χ0v) is 10.3. The normalized spacial score (nSPS) is 18.3. The van der Waals surface area contributed by atoms with Crippen molar-refractivity contribution in [2.45, 2.75) is 37.7 Å². The Kier molecular flexibility index (Phi) is 3.81. The number of hydrogen-bond donors (Lipinski definition) is 2. The fourth-order valence-corrected chi connectivity index (χ4v) is 2.43. The highest BCUT2D eigenvalue weighted by Crippen LogP contribution is 2.30. The highest BCUT2D eigenvalue weighted by atomic mass is 16.6. The first-order chi connectivity index (χ1) is 8.61. The lowest BCUT2D eigenvalue weighted by Gasteiger charge is -2.32. The highest BCUT2D eigenvalue weighted by Gasteiger charge is 2.29. The zero-order chi connectivity index (χ0) is 13.0. The number of nitro groups is 1. The van der Waals surface area contributed by atoms with Gasteiger partial charge in [0.15, 0.2) is 0 Å². The van der Waals surface area contributed by atoms with Gasteiger partial charge in [0.05, 0.1) is 10.5 Å². The Labute approximate surface area is 106 Å². The summed E-state index contributed by atoms with van der Waals surface area (Å²) in [6, 6.07) is 6.52. The van der Waals surface area contributed by atoms with E-state index in [1.807, 2.05) is 0 Å². The number of rotatable bonds is 4. The Morgan fingerprint density at radius 3 is 2.61 bits per heavy atom. The van der Waals surface area contributed by atoms with Crippen molar-refractivity contribution in [2.75, 3.05) is 11.9 Å². The molecule has 0 unspecified atom stereocenters. The van der Waals surface area contributed by atoms with Crippen molar-refractivity contribution in [3.05, 3.63) is 34.4 Å².